The molecule has 2 rings (SSSR count). The summed E-state index contributed by atoms with van der Waals surface area (Å²) in [6.45, 7) is 2.10. The molecule has 2 saturated carbocycles. The second-order valence-corrected chi connectivity index (χ2v) is 5.76. The fraction of sp³-hybridized carbons (Fsp3) is 0.923. The standard InChI is InChI=1S/C13H21NO3/c1-12-5-4-6-13(15,8-12)10(9(12)7-14)11(16-2)17-3/h9-11,15H,4-6,8H2,1-3H3/t9-,10+,12-,13-/m1/s1. The van der Waals surface area contributed by atoms with E-state index in [0.717, 1.165) is 19.3 Å². The summed E-state index contributed by atoms with van der Waals surface area (Å²) < 4.78 is 10.6. The minimum absolute atomic E-state index is 0.0955. The van der Waals surface area contributed by atoms with Crippen LogP contribution in [0.3, 0.4) is 0 Å². The molecular weight excluding hydrogens is 218 g/mol. The number of ether oxygens (including phenoxy) is 2. The zero-order valence-electron chi connectivity index (χ0n) is 10.8. The molecule has 17 heavy (non-hydrogen) atoms. The van der Waals surface area contributed by atoms with E-state index in [9.17, 15) is 10.4 Å². The average Bonchev–Trinajstić information content (AvgIpc) is 2.43. The largest absolute Gasteiger partial charge is 0.389 e. The number of hydrogen-bond donors (Lipinski definition) is 1. The van der Waals surface area contributed by atoms with Crippen LogP contribution in [-0.2, 0) is 9.47 Å². The van der Waals surface area contributed by atoms with Crippen molar-refractivity contribution >= 4 is 0 Å². The highest BCUT2D eigenvalue weighted by Gasteiger charge is 2.63. The van der Waals surface area contributed by atoms with Crippen molar-refractivity contribution in [3.05, 3.63) is 0 Å². The first-order valence-corrected chi connectivity index (χ1v) is 6.18. The van der Waals surface area contributed by atoms with Crippen molar-refractivity contribution in [2.75, 3.05) is 14.2 Å². The van der Waals surface area contributed by atoms with E-state index in [1.807, 2.05) is 0 Å². The molecule has 2 aliphatic carbocycles. The maximum atomic E-state index is 10.8. The fourth-order valence-corrected chi connectivity index (χ4v) is 4.00. The van der Waals surface area contributed by atoms with Gasteiger partial charge in [0.1, 0.15) is 0 Å². The van der Waals surface area contributed by atoms with Crippen LogP contribution in [0.5, 0.6) is 0 Å². The van der Waals surface area contributed by atoms with Gasteiger partial charge in [0.15, 0.2) is 6.29 Å². The first kappa shape index (κ1) is 12.8. The van der Waals surface area contributed by atoms with Gasteiger partial charge in [-0.05, 0) is 31.1 Å². The molecule has 2 bridgehead atoms. The smallest absolute Gasteiger partial charge is 0.163 e. The lowest BCUT2D eigenvalue weighted by Gasteiger charge is -2.36. The molecule has 0 radical (unpaired) electrons. The summed E-state index contributed by atoms with van der Waals surface area (Å²) in [7, 11) is 3.13. The third-order valence-corrected chi connectivity index (χ3v) is 4.69. The highest BCUT2D eigenvalue weighted by molar-refractivity contribution is 5.16. The first-order chi connectivity index (χ1) is 8.00. The van der Waals surface area contributed by atoms with Crippen LogP contribution in [-0.4, -0.2) is 31.2 Å². The van der Waals surface area contributed by atoms with E-state index >= 15 is 0 Å². The van der Waals surface area contributed by atoms with E-state index in [2.05, 4.69) is 13.0 Å². The molecule has 4 atom stereocenters. The first-order valence-electron chi connectivity index (χ1n) is 6.18. The van der Waals surface area contributed by atoms with Crippen molar-refractivity contribution in [2.24, 2.45) is 17.3 Å². The second-order valence-electron chi connectivity index (χ2n) is 5.76. The van der Waals surface area contributed by atoms with Crippen molar-refractivity contribution in [3.63, 3.8) is 0 Å². The van der Waals surface area contributed by atoms with Gasteiger partial charge in [-0.3, -0.25) is 0 Å². The van der Waals surface area contributed by atoms with E-state index in [4.69, 9.17) is 9.47 Å². The summed E-state index contributed by atoms with van der Waals surface area (Å²) in [6.07, 6.45) is 2.91. The van der Waals surface area contributed by atoms with Crippen LogP contribution >= 0.6 is 0 Å². The Morgan fingerprint density at radius 3 is 2.53 bits per heavy atom. The maximum absolute atomic E-state index is 10.8. The summed E-state index contributed by atoms with van der Waals surface area (Å²) in [5.74, 6) is -0.435. The number of nitrogens with zero attached hydrogens (tertiary/aromatic N) is 1. The van der Waals surface area contributed by atoms with E-state index in [-0.39, 0.29) is 17.3 Å². The lowest BCUT2D eigenvalue weighted by molar-refractivity contribution is -0.185. The Morgan fingerprint density at radius 1 is 1.35 bits per heavy atom. The van der Waals surface area contributed by atoms with Crippen LogP contribution in [0.15, 0.2) is 0 Å². The van der Waals surface area contributed by atoms with Crippen molar-refractivity contribution in [2.45, 2.75) is 44.5 Å². The Labute approximate surface area is 103 Å². The van der Waals surface area contributed by atoms with Gasteiger partial charge in [-0.1, -0.05) is 6.92 Å². The molecule has 96 valence electrons. The number of hydrogen-bond acceptors (Lipinski definition) is 4. The van der Waals surface area contributed by atoms with Crippen LogP contribution in [0.1, 0.15) is 32.6 Å². The molecule has 4 nitrogen and oxygen atoms in total. The van der Waals surface area contributed by atoms with Crippen LogP contribution in [0.4, 0.5) is 0 Å². The molecule has 0 saturated heterocycles. The average molecular weight is 239 g/mol. The van der Waals surface area contributed by atoms with E-state index < -0.39 is 11.9 Å². The Balaban J connectivity index is 2.38. The third kappa shape index (κ3) is 1.77. The monoisotopic (exact) mass is 239 g/mol. The van der Waals surface area contributed by atoms with Crippen LogP contribution in [0.25, 0.3) is 0 Å². The molecule has 0 heterocycles. The number of nitriles is 1. The molecule has 2 aliphatic rings. The topological polar surface area (TPSA) is 62.5 Å². The number of aliphatic hydroxyl groups is 1. The lowest BCUT2D eigenvalue weighted by atomic mass is 9.72. The van der Waals surface area contributed by atoms with Gasteiger partial charge < -0.3 is 14.6 Å². The molecule has 2 fully saturated rings. The second kappa shape index (κ2) is 4.24. The Kier molecular flexibility index (Phi) is 3.19. The predicted molar refractivity (Wildman–Crippen MR) is 61.9 cm³/mol. The van der Waals surface area contributed by atoms with Gasteiger partial charge in [0.2, 0.25) is 0 Å². The van der Waals surface area contributed by atoms with Gasteiger partial charge in [-0.2, -0.15) is 5.26 Å². The molecule has 1 N–H and O–H groups in total. The number of fused-ring (bicyclic) bond motifs is 2. The van der Waals surface area contributed by atoms with Gasteiger partial charge in [0.05, 0.1) is 23.5 Å². The van der Waals surface area contributed by atoms with Gasteiger partial charge in [-0.15, -0.1) is 0 Å². The maximum Gasteiger partial charge on any atom is 0.163 e. The molecule has 0 aromatic rings. The Morgan fingerprint density at radius 2 is 2.00 bits per heavy atom. The van der Waals surface area contributed by atoms with Gasteiger partial charge in [0.25, 0.3) is 0 Å². The summed E-state index contributed by atoms with van der Waals surface area (Å²) in [5, 5.41) is 20.2. The summed E-state index contributed by atoms with van der Waals surface area (Å²) in [5.41, 5.74) is -0.897. The normalized spacial score (nSPS) is 44.9. The molecule has 0 aromatic heterocycles. The summed E-state index contributed by atoms with van der Waals surface area (Å²) in [6, 6.07) is 2.38. The predicted octanol–water partition coefficient (Wildman–Crippen LogP) is 1.69. The third-order valence-electron chi connectivity index (χ3n) is 4.69. The number of methoxy groups -OCH3 is 2. The summed E-state index contributed by atoms with van der Waals surface area (Å²) in [4.78, 5) is 0. The summed E-state index contributed by atoms with van der Waals surface area (Å²) >= 11 is 0. The van der Waals surface area contributed by atoms with Gasteiger partial charge >= 0.3 is 0 Å². The highest BCUT2D eigenvalue weighted by Crippen LogP contribution is 2.60. The van der Waals surface area contributed by atoms with Crippen LogP contribution < -0.4 is 0 Å². The van der Waals surface area contributed by atoms with Crippen molar-refractivity contribution in [1.82, 2.24) is 0 Å². The minimum Gasteiger partial charge on any atom is -0.389 e. The minimum atomic E-state index is -0.802. The molecule has 4 heteroatoms. The fourth-order valence-electron chi connectivity index (χ4n) is 4.00. The van der Waals surface area contributed by atoms with Gasteiger partial charge in [-0.25, -0.2) is 0 Å². The quantitative estimate of drug-likeness (QED) is 0.761. The molecule has 0 spiro atoms. The molecular formula is C13H21NO3. The van der Waals surface area contributed by atoms with Crippen molar-refractivity contribution in [3.8, 4) is 6.07 Å². The Hall–Kier alpha value is -0.630. The van der Waals surface area contributed by atoms with Crippen LogP contribution in [0.2, 0.25) is 0 Å². The zero-order chi connectivity index (χ0) is 12.7. The van der Waals surface area contributed by atoms with Gasteiger partial charge in [0, 0.05) is 14.2 Å². The molecule has 0 aromatic carbocycles. The van der Waals surface area contributed by atoms with E-state index in [0.29, 0.717) is 6.42 Å². The van der Waals surface area contributed by atoms with Crippen molar-refractivity contribution < 1.29 is 14.6 Å². The van der Waals surface area contributed by atoms with Crippen LogP contribution in [0, 0.1) is 28.6 Å². The highest BCUT2D eigenvalue weighted by atomic mass is 16.7. The van der Waals surface area contributed by atoms with E-state index in [1.165, 1.54) is 0 Å². The van der Waals surface area contributed by atoms with Crippen molar-refractivity contribution in [1.29, 1.82) is 5.26 Å². The molecule has 0 unspecified atom stereocenters. The zero-order valence-corrected chi connectivity index (χ0v) is 10.8. The molecule has 0 amide bonds. The SMILES string of the molecule is COC(OC)[C@@H]1[C@@H](C#N)[C@]2(C)CCC[C@@]1(O)C2. The Bertz CT molecular complexity index is 336. The number of rotatable bonds is 3. The van der Waals surface area contributed by atoms with E-state index in [1.54, 1.807) is 14.2 Å². The lowest BCUT2D eigenvalue weighted by Crippen LogP contribution is -2.44. The molecule has 0 aliphatic heterocycles.